The summed E-state index contributed by atoms with van der Waals surface area (Å²) in [5.41, 5.74) is 4.14. The standard InChI is InChI=1S/C14H14N2O6/c1-14(2)21-12(19)9(13(20)22-14)7-15-16-11(18)8-5-3-4-6-10(8)17/h3-7,15,17H,1-2H3,(H,16,18). The zero-order valence-corrected chi connectivity index (χ0v) is 11.9. The van der Waals surface area contributed by atoms with Crippen LogP contribution in [0.1, 0.15) is 24.2 Å². The van der Waals surface area contributed by atoms with Crippen molar-refractivity contribution in [2.75, 3.05) is 0 Å². The number of phenols is 1. The summed E-state index contributed by atoms with van der Waals surface area (Å²) in [6.45, 7) is 2.85. The fraction of sp³-hybridized carbons (Fsp3) is 0.214. The summed E-state index contributed by atoms with van der Waals surface area (Å²) in [5, 5.41) is 9.52. The second kappa shape index (κ2) is 5.76. The average Bonchev–Trinajstić information content (AvgIpc) is 2.41. The van der Waals surface area contributed by atoms with Crippen molar-refractivity contribution in [3.8, 4) is 5.75 Å². The van der Waals surface area contributed by atoms with E-state index in [9.17, 15) is 19.5 Å². The van der Waals surface area contributed by atoms with Gasteiger partial charge in [0, 0.05) is 20.0 Å². The SMILES string of the molecule is CC1(C)OC(=O)C(=CNNC(=O)c2ccccc2O)C(=O)O1. The molecule has 8 heteroatoms. The van der Waals surface area contributed by atoms with Gasteiger partial charge in [-0.25, -0.2) is 9.59 Å². The molecule has 1 saturated heterocycles. The third kappa shape index (κ3) is 3.35. The van der Waals surface area contributed by atoms with E-state index in [2.05, 4.69) is 10.9 Å². The Morgan fingerprint density at radius 3 is 2.36 bits per heavy atom. The molecule has 1 heterocycles. The van der Waals surface area contributed by atoms with Crippen molar-refractivity contribution in [1.82, 2.24) is 10.9 Å². The topological polar surface area (TPSA) is 114 Å². The highest BCUT2D eigenvalue weighted by Gasteiger charge is 2.38. The van der Waals surface area contributed by atoms with Gasteiger partial charge in [-0.1, -0.05) is 12.1 Å². The summed E-state index contributed by atoms with van der Waals surface area (Å²) >= 11 is 0. The number of para-hydroxylation sites is 1. The Kier molecular flexibility index (Phi) is 4.02. The monoisotopic (exact) mass is 306 g/mol. The zero-order chi connectivity index (χ0) is 16.3. The fourth-order valence-electron chi connectivity index (χ4n) is 1.69. The molecule has 1 aliphatic heterocycles. The number of esters is 2. The smallest absolute Gasteiger partial charge is 0.350 e. The molecule has 8 nitrogen and oxygen atoms in total. The lowest BCUT2D eigenvalue weighted by atomic mass is 10.2. The van der Waals surface area contributed by atoms with Gasteiger partial charge in [0.15, 0.2) is 5.57 Å². The van der Waals surface area contributed by atoms with Gasteiger partial charge in [0.25, 0.3) is 11.7 Å². The van der Waals surface area contributed by atoms with E-state index in [1.54, 1.807) is 12.1 Å². The molecule has 116 valence electrons. The number of nitrogens with one attached hydrogen (secondary N) is 2. The van der Waals surface area contributed by atoms with Gasteiger partial charge >= 0.3 is 11.9 Å². The van der Waals surface area contributed by atoms with Crippen LogP contribution in [-0.4, -0.2) is 28.7 Å². The van der Waals surface area contributed by atoms with Gasteiger partial charge in [-0.2, -0.15) is 0 Å². The lowest BCUT2D eigenvalue weighted by Gasteiger charge is -2.29. The molecule has 0 spiro atoms. The van der Waals surface area contributed by atoms with Crippen LogP contribution in [0.25, 0.3) is 0 Å². The minimum atomic E-state index is -1.33. The molecular formula is C14H14N2O6. The fourth-order valence-corrected chi connectivity index (χ4v) is 1.69. The van der Waals surface area contributed by atoms with Crippen molar-refractivity contribution < 1.29 is 29.0 Å². The molecule has 1 aliphatic rings. The number of amides is 1. The highest BCUT2D eigenvalue weighted by molar-refractivity contribution is 6.15. The molecule has 22 heavy (non-hydrogen) atoms. The van der Waals surface area contributed by atoms with E-state index in [0.717, 1.165) is 6.20 Å². The molecular weight excluding hydrogens is 292 g/mol. The molecule has 1 aromatic rings. The summed E-state index contributed by atoms with van der Waals surface area (Å²) in [4.78, 5) is 35.1. The number of rotatable bonds is 3. The third-order valence-electron chi connectivity index (χ3n) is 2.67. The van der Waals surface area contributed by atoms with Crippen LogP contribution in [0.5, 0.6) is 5.75 Å². The first kappa shape index (κ1) is 15.4. The molecule has 3 N–H and O–H groups in total. The Hall–Kier alpha value is -3.03. The Bertz CT molecular complexity index is 643. The number of carbonyl (C=O) groups is 3. The van der Waals surface area contributed by atoms with Crippen LogP contribution in [0.3, 0.4) is 0 Å². The molecule has 1 amide bonds. The Morgan fingerprint density at radius 2 is 1.77 bits per heavy atom. The molecule has 0 aliphatic carbocycles. The van der Waals surface area contributed by atoms with Gasteiger partial charge < -0.3 is 20.0 Å². The summed E-state index contributed by atoms with van der Waals surface area (Å²) < 4.78 is 9.75. The van der Waals surface area contributed by atoms with E-state index in [1.807, 2.05) is 0 Å². The van der Waals surface area contributed by atoms with Crippen molar-refractivity contribution in [3.63, 3.8) is 0 Å². The van der Waals surface area contributed by atoms with Crippen LogP contribution in [0, 0.1) is 0 Å². The number of cyclic esters (lactones) is 2. The second-order valence-corrected chi connectivity index (χ2v) is 4.85. The lowest BCUT2D eigenvalue weighted by molar-refractivity contribution is -0.222. The van der Waals surface area contributed by atoms with Gasteiger partial charge in [-0.05, 0) is 12.1 Å². The van der Waals surface area contributed by atoms with Gasteiger partial charge in [-0.3, -0.25) is 10.2 Å². The van der Waals surface area contributed by atoms with E-state index in [4.69, 9.17) is 9.47 Å². The number of hydrogen-bond donors (Lipinski definition) is 3. The number of carbonyl (C=O) groups excluding carboxylic acids is 3. The molecule has 1 fully saturated rings. The number of aromatic hydroxyl groups is 1. The maximum absolute atomic E-state index is 11.8. The van der Waals surface area contributed by atoms with E-state index in [1.165, 1.54) is 26.0 Å². The number of ether oxygens (including phenoxy) is 2. The van der Waals surface area contributed by atoms with E-state index in [0.29, 0.717) is 0 Å². The number of hydrazine groups is 1. The molecule has 2 rings (SSSR count). The first-order valence-corrected chi connectivity index (χ1v) is 6.31. The summed E-state index contributed by atoms with van der Waals surface area (Å²) in [6.07, 6.45) is 0.956. The largest absolute Gasteiger partial charge is 0.507 e. The Morgan fingerprint density at radius 1 is 1.18 bits per heavy atom. The second-order valence-electron chi connectivity index (χ2n) is 4.85. The van der Waals surface area contributed by atoms with Gasteiger partial charge in [-0.15, -0.1) is 0 Å². The maximum atomic E-state index is 11.8. The highest BCUT2D eigenvalue weighted by Crippen LogP contribution is 2.22. The first-order chi connectivity index (χ1) is 10.3. The van der Waals surface area contributed by atoms with Crippen LogP contribution in [0.2, 0.25) is 0 Å². The van der Waals surface area contributed by atoms with Crippen LogP contribution in [0.15, 0.2) is 36.0 Å². The first-order valence-electron chi connectivity index (χ1n) is 6.31. The Labute approximate surface area is 125 Å². The van der Waals surface area contributed by atoms with Crippen molar-refractivity contribution in [2.24, 2.45) is 0 Å². The summed E-state index contributed by atoms with van der Waals surface area (Å²) in [6, 6.07) is 5.90. The van der Waals surface area contributed by atoms with E-state index < -0.39 is 29.2 Å². The van der Waals surface area contributed by atoms with E-state index in [-0.39, 0.29) is 11.3 Å². The molecule has 0 radical (unpaired) electrons. The summed E-state index contributed by atoms with van der Waals surface area (Å²) in [7, 11) is 0. The van der Waals surface area contributed by atoms with Crippen LogP contribution < -0.4 is 10.9 Å². The predicted octanol–water partition coefficient (Wildman–Crippen LogP) is 0.347. The molecule has 0 aromatic heterocycles. The summed E-state index contributed by atoms with van der Waals surface area (Å²) in [5.74, 6) is -3.92. The van der Waals surface area contributed by atoms with Crippen molar-refractivity contribution >= 4 is 17.8 Å². The molecule has 0 saturated carbocycles. The van der Waals surface area contributed by atoms with E-state index >= 15 is 0 Å². The Balaban J connectivity index is 2.01. The minimum Gasteiger partial charge on any atom is -0.507 e. The normalized spacial score (nSPS) is 16.4. The van der Waals surface area contributed by atoms with Crippen LogP contribution in [-0.2, 0) is 19.1 Å². The van der Waals surface area contributed by atoms with Gasteiger partial charge in [0.05, 0.1) is 5.56 Å². The van der Waals surface area contributed by atoms with Gasteiger partial charge in [0.1, 0.15) is 5.75 Å². The highest BCUT2D eigenvalue weighted by atomic mass is 16.7. The van der Waals surface area contributed by atoms with Crippen molar-refractivity contribution in [2.45, 2.75) is 19.6 Å². The van der Waals surface area contributed by atoms with Crippen molar-refractivity contribution in [1.29, 1.82) is 0 Å². The molecule has 0 bridgehead atoms. The number of benzene rings is 1. The third-order valence-corrected chi connectivity index (χ3v) is 2.67. The number of phenolic OH excluding ortho intramolecular Hbond substituents is 1. The average molecular weight is 306 g/mol. The molecule has 0 unspecified atom stereocenters. The maximum Gasteiger partial charge on any atom is 0.350 e. The lowest BCUT2D eigenvalue weighted by Crippen LogP contribution is -2.43. The molecule has 0 atom stereocenters. The van der Waals surface area contributed by atoms with Crippen molar-refractivity contribution in [3.05, 3.63) is 41.6 Å². The zero-order valence-electron chi connectivity index (χ0n) is 11.9. The van der Waals surface area contributed by atoms with Crippen LogP contribution in [0.4, 0.5) is 0 Å². The quantitative estimate of drug-likeness (QED) is 0.319. The molecule has 1 aromatic carbocycles. The number of hydrogen-bond acceptors (Lipinski definition) is 7. The minimum absolute atomic E-state index is 0.0309. The van der Waals surface area contributed by atoms with Gasteiger partial charge in [0.2, 0.25) is 0 Å². The van der Waals surface area contributed by atoms with Crippen LogP contribution >= 0.6 is 0 Å². The predicted molar refractivity (Wildman–Crippen MR) is 73.1 cm³/mol.